The molecular formula is C24H28FNO5. The molecule has 2 aromatic rings. The Kier molecular flexibility index (Phi) is 6.65. The predicted octanol–water partition coefficient (Wildman–Crippen LogP) is 4.94. The molecule has 1 aliphatic heterocycles. The summed E-state index contributed by atoms with van der Waals surface area (Å²) in [7, 11) is 0. The van der Waals surface area contributed by atoms with Gasteiger partial charge >= 0.3 is 12.1 Å². The van der Waals surface area contributed by atoms with E-state index in [9.17, 15) is 19.1 Å². The Morgan fingerprint density at radius 2 is 1.87 bits per heavy atom. The molecule has 1 heterocycles. The molecule has 3 rings (SSSR count). The van der Waals surface area contributed by atoms with E-state index in [1.807, 2.05) is 30.3 Å². The lowest BCUT2D eigenvalue weighted by Gasteiger charge is -2.38. The molecule has 0 radical (unpaired) electrons. The van der Waals surface area contributed by atoms with Gasteiger partial charge in [0.05, 0.1) is 19.3 Å². The van der Waals surface area contributed by atoms with Gasteiger partial charge in [-0.3, -0.25) is 4.90 Å². The molecular weight excluding hydrogens is 401 g/mol. The highest BCUT2D eigenvalue weighted by molar-refractivity contribution is 5.86. The van der Waals surface area contributed by atoms with E-state index in [1.54, 1.807) is 32.9 Å². The second-order valence-electron chi connectivity index (χ2n) is 8.77. The van der Waals surface area contributed by atoms with E-state index in [0.717, 1.165) is 5.56 Å². The molecule has 31 heavy (non-hydrogen) atoms. The summed E-state index contributed by atoms with van der Waals surface area (Å²) in [5, 5.41) is 10.2. The SMILES string of the molecule is CC(C)(C)OC(=O)N1[C@H](c2cccc(F)c2)CC[C@]1(COCc1ccccc1)C(=O)O. The standard InChI is InChI=1S/C24H28FNO5/c1-23(2,3)31-22(29)26-20(18-10-7-11-19(25)14-18)12-13-24(26,21(27)28)16-30-15-17-8-5-4-6-9-17/h4-11,14,20H,12-13,15-16H2,1-3H3,(H,27,28)/t20-,24-/m0/s1. The highest BCUT2D eigenvalue weighted by Gasteiger charge is 2.56. The second-order valence-corrected chi connectivity index (χ2v) is 8.77. The third-order valence-electron chi connectivity index (χ3n) is 5.28. The summed E-state index contributed by atoms with van der Waals surface area (Å²) in [6.07, 6.45) is -0.244. The van der Waals surface area contributed by atoms with E-state index in [-0.39, 0.29) is 19.6 Å². The molecule has 6 nitrogen and oxygen atoms in total. The van der Waals surface area contributed by atoms with E-state index in [2.05, 4.69) is 0 Å². The quantitative estimate of drug-likeness (QED) is 0.704. The fourth-order valence-corrected chi connectivity index (χ4v) is 3.89. The number of carboxylic acids is 1. The molecule has 1 aliphatic rings. The van der Waals surface area contributed by atoms with Crippen molar-refractivity contribution < 1.29 is 28.6 Å². The minimum atomic E-state index is -1.62. The summed E-state index contributed by atoms with van der Waals surface area (Å²) < 4.78 is 25.2. The lowest BCUT2D eigenvalue weighted by atomic mass is 9.97. The minimum absolute atomic E-state index is 0.164. The summed E-state index contributed by atoms with van der Waals surface area (Å²) in [4.78, 5) is 26.9. The first-order chi connectivity index (χ1) is 14.6. The largest absolute Gasteiger partial charge is 0.479 e. The molecule has 1 N–H and O–H groups in total. The van der Waals surface area contributed by atoms with Crippen molar-refractivity contribution in [3.63, 3.8) is 0 Å². The zero-order valence-corrected chi connectivity index (χ0v) is 18.0. The number of aliphatic carboxylic acids is 1. The number of carbonyl (C=O) groups is 2. The molecule has 0 bridgehead atoms. The number of carboxylic acid groups (broad SMARTS) is 1. The van der Waals surface area contributed by atoms with Gasteiger partial charge in [-0.25, -0.2) is 14.0 Å². The fourth-order valence-electron chi connectivity index (χ4n) is 3.89. The average molecular weight is 429 g/mol. The number of ether oxygens (including phenoxy) is 2. The Labute approximate surface area is 181 Å². The van der Waals surface area contributed by atoms with Crippen molar-refractivity contribution >= 4 is 12.1 Å². The van der Waals surface area contributed by atoms with Crippen molar-refractivity contribution in [3.8, 4) is 0 Å². The molecule has 0 aliphatic carbocycles. The molecule has 1 fully saturated rings. The van der Waals surface area contributed by atoms with Crippen molar-refractivity contribution in [1.29, 1.82) is 0 Å². The van der Waals surface area contributed by atoms with Crippen LogP contribution in [0.25, 0.3) is 0 Å². The van der Waals surface area contributed by atoms with Crippen LogP contribution in [0.4, 0.5) is 9.18 Å². The van der Waals surface area contributed by atoms with Crippen LogP contribution < -0.4 is 0 Å². The first-order valence-electron chi connectivity index (χ1n) is 10.3. The highest BCUT2D eigenvalue weighted by atomic mass is 19.1. The number of carbonyl (C=O) groups excluding carboxylic acids is 1. The van der Waals surface area contributed by atoms with Crippen LogP contribution in [-0.2, 0) is 20.9 Å². The molecule has 7 heteroatoms. The van der Waals surface area contributed by atoms with Crippen molar-refractivity contribution in [3.05, 3.63) is 71.5 Å². The number of halogens is 1. The van der Waals surface area contributed by atoms with E-state index in [4.69, 9.17) is 9.47 Å². The maximum Gasteiger partial charge on any atom is 0.411 e. The summed E-state index contributed by atoms with van der Waals surface area (Å²) in [6.45, 7) is 5.15. The molecule has 0 saturated carbocycles. The first-order valence-corrected chi connectivity index (χ1v) is 10.3. The molecule has 2 atom stereocenters. The van der Waals surface area contributed by atoms with Gasteiger partial charge in [-0.05, 0) is 56.9 Å². The van der Waals surface area contributed by atoms with Crippen molar-refractivity contribution in [2.75, 3.05) is 6.61 Å². The van der Waals surface area contributed by atoms with Gasteiger partial charge in [-0.1, -0.05) is 42.5 Å². The zero-order chi connectivity index (χ0) is 22.6. The van der Waals surface area contributed by atoms with Crippen LogP contribution in [0.5, 0.6) is 0 Å². The van der Waals surface area contributed by atoms with Crippen LogP contribution in [-0.4, -0.2) is 39.8 Å². The van der Waals surface area contributed by atoms with Gasteiger partial charge in [0.1, 0.15) is 11.4 Å². The minimum Gasteiger partial charge on any atom is -0.479 e. The van der Waals surface area contributed by atoms with Gasteiger partial charge in [-0.15, -0.1) is 0 Å². The van der Waals surface area contributed by atoms with Crippen LogP contribution in [0.1, 0.15) is 50.8 Å². The highest BCUT2D eigenvalue weighted by Crippen LogP contribution is 2.44. The van der Waals surface area contributed by atoms with E-state index >= 15 is 0 Å². The predicted molar refractivity (Wildman–Crippen MR) is 113 cm³/mol. The number of benzene rings is 2. The maximum atomic E-state index is 13.9. The molecule has 2 aromatic carbocycles. The van der Waals surface area contributed by atoms with Gasteiger partial charge in [0.2, 0.25) is 0 Å². The lowest BCUT2D eigenvalue weighted by molar-refractivity contribution is -0.155. The molecule has 166 valence electrons. The van der Waals surface area contributed by atoms with Crippen LogP contribution in [0.15, 0.2) is 54.6 Å². The Balaban J connectivity index is 1.92. The summed E-state index contributed by atoms with van der Waals surface area (Å²) in [5.41, 5.74) is -1.02. The van der Waals surface area contributed by atoms with E-state index < -0.39 is 35.1 Å². The molecule has 1 amide bonds. The number of rotatable bonds is 6. The smallest absolute Gasteiger partial charge is 0.411 e. The number of likely N-dealkylation sites (tertiary alicyclic amines) is 1. The van der Waals surface area contributed by atoms with Gasteiger partial charge < -0.3 is 14.6 Å². The summed E-state index contributed by atoms with van der Waals surface area (Å²) in [5.74, 6) is -1.62. The first kappa shape index (κ1) is 22.7. The topological polar surface area (TPSA) is 76.1 Å². The number of hydrogen-bond donors (Lipinski definition) is 1. The van der Waals surface area contributed by atoms with Crippen molar-refractivity contribution in [2.45, 2.75) is 57.4 Å². The number of nitrogens with zero attached hydrogens (tertiary/aromatic N) is 1. The number of amides is 1. The van der Waals surface area contributed by atoms with Crippen LogP contribution in [0, 0.1) is 5.82 Å². The Morgan fingerprint density at radius 1 is 1.16 bits per heavy atom. The average Bonchev–Trinajstić information content (AvgIpc) is 3.08. The van der Waals surface area contributed by atoms with Crippen LogP contribution in [0.3, 0.4) is 0 Å². The Hall–Kier alpha value is -2.93. The lowest BCUT2D eigenvalue weighted by Crippen LogP contribution is -2.57. The van der Waals surface area contributed by atoms with Crippen molar-refractivity contribution in [1.82, 2.24) is 4.90 Å². The summed E-state index contributed by atoms with van der Waals surface area (Å²) in [6, 6.07) is 14.6. The van der Waals surface area contributed by atoms with E-state index in [0.29, 0.717) is 12.0 Å². The monoisotopic (exact) mass is 429 g/mol. The molecule has 0 spiro atoms. The molecule has 1 saturated heterocycles. The zero-order valence-electron chi connectivity index (χ0n) is 18.0. The maximum absolute atomic E-state index is 13.9. The van der Waals surface area contributed by atoms with E-state index in [1.165, 1.54) is 17.0 Å². The van der Waals surface area contributed by atoms with Crippen molar-refractivity contribution in [2.24, 2.45) is 0 Å². The summed E-state index contributed by atoms with van der Waals surface area (Å²) >= 11 is 0. The third kappa shape index (κ3) is 5.22. The normalized spacial score (nSPS) is 21.2. The fraction of sp³-hybridized carbons (Fsp3) is 0.417. The third-order valence-corrected chi connectivity index (χ3v) is 5.28. The second kappa shape index (κ2) is 9.06. The van der Waals surface area contributed by atoms with Gasteiger partial charge in [0.25, 0.3) is 0 Å². The molecule has 0 unspecified atom stereocenters. The number of hydrogen-bond acceptors (Lipinski definition) is 4. The Bertz CT molecular complexity index is 927. The molecule has 0 aromatic heterocycles. The van der Waals surface area contributed by atoms with Crippen LogP contribution >= 0.6 is 0 Å². The van der Waals surface area contributed by atoms with Gasteiger partial charge in [-0.2, -0.15) is 0 Å². The van der Waals surface area contributed by atoms with Crippen LogP contribution in [0.2, 0.25) is 0 Å². The van der Waals surface area contributed by atoms with Gasteiger partial charge in [0, 0.05) is 0 Å². The Morgan fingerprint density at radius 3 is 2.48 bits per heavy atom. The van der Waals surface area contributed by atoms with Gasteiger partial charge in [0.15, 0.2) is 5.54 Å².